The van der Waals surface area contributed by atoms with Crippen molar-refractivity contribution in [1.82, 2.24) is 9.55 Å². The van der Waals surface area contributed by atoms with Crippen LogP contribution in [0.4, 0.5) is 22.7 Å². The molecule has 1 aliphatic rings. The molecule has 0 unspecified atom stereocenters. The summed E-state index contributed by atoms with van der Waals surface area (Å²) in [7, 11) is 0. The average molecular weight is 1020 g/mol. The van der Waals surface area contributed by atoms with Gasteiger partial charge in [0, 0.05) is 66.9 Å². The summed E-state index contributed by atoms with van der Waals surface area (Å²) in [4.78, 5) is 9.56. The molecule has 1 aliphatic heterocycles. The van der Waals surface area contributed by atoms with E-state index in [2.05, 4.69) is 238 Å². The van der Waals surface area contributed by atoms with Gasteiger partial charge in [-0.15, -0.1) is 53.6 Å². The minimum atomic E-state index is -0.175. The van der Waals surface area contributed by atoms with Crippen LogP contribution in [0.15, 0.2) is 134 Å². The van der Waals surface area contributed by atoms with Gasteiger partial charge in [0.05, 0.1) is 0 Å². The Labute approximate surface area is 395 Å². The third kappa shape index (κ3) is 8.52. The summed E-state index contributed by atoms with van der Waals surface area (Å²) in [6.45, 7) is 29.3. The van der Waals surface area contributed by atoms with E-state index in [4.69, 9.17) is 9.72 Å². The summed E-state index contributed by atoms with van der Waals surface area (Å²) in [5, 5.41) is 2.25. The molecule has 9 rings (SSSR count). The van der Waals surface area contributed by atoms with Gasteiger partial charge in [-0.2, -0.15) is 6.07 Å². The molecule has 0 aliphatic carbocycles. The number of anilines is 4. The molecule has 0 N–H and O–H groups in total. The molecule has 0 saturated heterocycles. The molecule has 0 fully saturated rings. The normalized spacial score (nSPS) is 13.4. The van der Waals surface area contributed by atoms with Crippen LogP contribution in [0.5, 0.6) is 11.5 Å². The molecule has 3 heterocycles. The Hall–Kier alpha value is -5.64. The van der Waals surface area contributed by atoms with Gasteiger partial charge in [-0.3, -0.25) is 0 Å². The SMILES string of the molecule is CC(C)(C)c1cc(Oc2[c-]c3c(cc2)c2ccc(C(C)(C)C)cc2n3-c2cc(C(C)(C)C)ccn2)[c-]c(N2[CH-]N(c3cccc(C(C)(C)C)c3)c3c(-c4ccccc4)cccc32)c1.[Pt]. The zero-order valence-corrected chi connectivity index (χ0v) is 41.6. The van der Waals surface area contributed by atoms with E-state index in [-0.39, 0.29) is 42.7 Å². The van der Waals surface area contributed by atoms with Crippen LogP contribution in [-0.4, -0.2) is 9.55 Å². The summed E-state index contributed by atoms with van der Waals surface area (Å²) >= 11 is 0. The molecule has 330 valence electrons. The van der Waals surface area contributed by atoms with Gasteiger partial charge in [0.15, 0.2) is 0 Å². The number of hydrogen-bond acceptors (Lipinski definition) is 4. The molecule has 6 heteroatoms. The fourth-order valence-electron chi connectivity index (χ4n) is 8.53. The number of para-hydroxylation sites is 1. The van der Waals surface area contributed by atoms with Gasteiger partial charge in [0.1, 0.15) is 5.82 Å². The van der Waals surface area contributed by atoms with Crippen LogP contribution in [0.3, 0.4) is 0 Å². The van der Waals surface area contributed by atoms with Crippen molar-refractivity contribution in [2.75, 3.05) is 9.80 Å². The molecular formula is C58H59N4OPt-3. The van der Waals surface area contributed by atoms with Crippen molar-refractivity contribution in [3.63, 3.8) is 0 Å². The van der Waals surface area contributed by atoms with Crippen molar-refractivity contribution >= 4 is 44.6 Å². The average Bonchev–Trinajstić information content (AvgIpc) is 3.79. The van der Waals surface area contributed by atoms with Crippen LogP contribution in [-0.2, 0) is 42.7 Å². The molecule has 0 radical (unpaired) electrons. The van der Waals surface area contributed by atoms with E-state index in [0.29, 0.717) is 11.5 Å². The summed E-state index contributed by atoms with van der Waals surface area (Å²) < 4.78 is 9.17. The second-order valence-corrected chi connectivity index (χ2v) is 21.2. The molecule has 0 atom stereocenters. The van der Waals surface area contributed by atoms with Crippen LogP contribution in [0.1, 0.15) is 105 Å². The molecule has 64 heavy (non-hydrogen) atoms. The summed E-state index contributed by atoms with van der Waals surface area (Å²) in [5.41, 5.74) is 13.2. The van der Waals surface area contributed by atoms with Crippen molar-refractivity contribution in [2.45, 2.75) is 105 Å². The summed E-state index contributed by atoms with van der Waals surface area (Å²) in [6.07, 6.45) is 1.93. The summed E-state index contributed by atoms with van der Waals surface area (Å²) in [6, 6.07) is 53.4. The smallest absolute Gasteiger partial charge is 0.135 e. The standard InChI is InChI=1S/C58H59N4O.Pt/c1-55(2,3)39-20-16-21-43(30-39)61-37-60(50-23-17-22-47(54(50)61)38-18-14-13-15-19-38)44-31-42(58(10,11)12)32-46(35-44)63-45-25-27-49-48-26-24-40(56(4,5)6)33-51(48)62(52(49)36-45)53-34-41(28-29-59-53)57(7,8)9;/h13-34,37H,1-12H3;/q-3;. The zero-order valence-electron chi connectivity index (χ0n) is 39.3. The number of nitrogens with zero attached hydrogens (tertiary/aromatic N) is 4. The van der Waals surface area contributed by atoms with Crippen LogP contribution in [0.25, 0.3) is 38.8 Å². The first kappa shape index (κ1) is 44.9. The van der Waals surface area contributed by atoms with Crippen LogP contribution < -0.4 is 14.5 Å². The van der Waals surface area contributed by atoms with Gasteiger partial charge < -0.3 is 19.1 Å². The van der Waals surface area contributed by atoms with Crippen LogP contribution in [0.2, 0.25) is 0 Å². The monoisotopic (exact) mass is 1020 g/mol. The van der Waals surface area contributed by atoms with Crippen molar-refractivity contribution in [3.05, 3.63) is 175 Å². The van der Waals surface area contributed by atoms with Gasteiger partial charge in [-0.25, -0.2) is 4.98 Å². The molecule has 0 saturated carbocycles. The maximum Gasteiger partial charge on any atom is 0.135 e. The van der Waals surface area contributed by atoms with E-state index in [1.54, 1.807) is 0 Å². The minimum absolute atomic E-state index is 0. The van der Waals surface area contributed by atoms with E-state index in [9.17, 15) is 0 Å². The van der Waals surface area contributed by atoms with Crippen LogP contribution >= 0.6 is 0 Å². The van der Waals surface area contributed by atoms with Gasteiger partial charge in [0.25, 0.3) is 0 Å². The number of hydrogen-bond donors (Lipinski definition) is 0. The molecule has 2 aromatic heterocycles. The molecule has 0 spiro atoms. The Balaban J connectivity index is 0.00000560. The number of benzene rings is 6. The Morgan fingerprint density at radius 1 is 0.531 bits per heavy atom. The molecule has 0 bridgehead atoms. The van der Waals surface area contributed by atoms with Crippen molar-refractivity contribution in [3.8, 4) is 28.4 Å². The Bertz CT molecular complexity index is 3010. The fourth-order valence-corrected chi connectivity index (χ4v) is 8.53. The van der Waals surface area contributed by atoms with E-state index >= 15 is 0 Å². The predicted octanol–water partition coefficient (Wildman–Crippen LogP) is 15.8. The van der Waals surface area contributed by atoms with E-state index in [0.717, 1.165) is 67.1 Å². The topological polar surface area (TPSA) is 33.5 Å². The first-order valence-corrected chi connectivity index (χ1v) is 22.2. The van der Waals surface area contributed by atoms with Crippen molar-refractivity contribution in [1.29, 1.82) is 0 Å². The molecule has 8 aromatic rings. The minimum Gasteiger partial charge on any atom is -0.509 e. The van der Waals surface area contributed by atoms with E-state index in [1.165, 1.54) is 16.7 Å². The van der Waals surface area contributed by atoms with Crippen LogP contribution in [0, 0.1) is 18.8 Å². The van der Waals surface area contributed by atoms with E-state index in [1.807, 2.05) is 12.3 Å². The number of ether oxygens (including phenoxy) is 1. The second kappa shape index (κ2) is 16.4. The largest absolute Gasteiger partial charge is 0.509 e. The molecule has 5 nitrogen and oxygen atoms in total. The van der Waals surface area contributed by atoms with Crippen molar-refractivity contribution in [2.24, 2.45) is 0 Å². The zero-order chi connectivity index (χ0) is 44.6. The predicted molar refractivity (Wildman–Crippen MR) is 264 cm³/mol. The quantitative estimate of drug-likeness (QED) is 0.155. The van der Waals surface area contributed by atoms with E-state index < -0.39 is 0 Å². The maximum atomic E-state index is 6.91. The number of rotatable bonds is 6. The van der Waals surface area contributed by atoms with Gasteiger partial charge >= 0.3 is 0 Å². The first-order chi connectivity index (χ1) is 29.7. The molecule has 0 amide bonds. The molecule has 6 aromatic carbocycles. The van der Waals surface area contributed by atoms with Gasteiger partial charge in [-0.1, -0.05) is 155 Å². The second-order valence-electron chi connectivity index (χ2n) is 21.2. The Morgan fingerprint density at radius 3 is 1.89 bits per heavy atom. The number of pyridine rings is 1. The third-order valence-electron chi connectivity index (χ3n) is 12.4. The summed E-state index contributed by atoms with van der Waals surface area (Å²) in [5.74, 6) is 2.10. The van der Waals surface area contributed by atoms with Gasteiger partial charge in [-0.05, 0) is 85.7 Å². The number of aromatic nitrogens is 2. The Morgan fingerprint density at radius 2 is 1.19 bits per heavy atom. The molecular weight excluding hydrogens is 964 g/mol. The maximum absolute atomic E-state index is 6.91. The first-order valence-electron chi connectivity index (χ1n) is 22.2. The number of fused-ring (bicyclic) bond motifs is 4. The Kier molecular flexibility index (Phi) is 11.5. The third-order valence-corrected chi connectivity index (χ3v) is 12.4. The van der Waals surface area contributed by atoms with Gasteiger partial charge in [0.2, 0.25) is 0 Å². The van der Waals surface area contributed by atoms with Crippen molar-refractivity contribution < 1.29 is 25.8 Å². The fraction of sp³-hybridized carbons (Fsp3) is 0.276.